The molecule has 3 heteroatoms. The van der Waals surface area contributed by atoms with Gasteiger partial charge in [0, 0.05) is 11.1 Å². The summed E-state index contributed by atoms with van der Waals surface area (Å²) in [4.78, 5) is 4.56. The second-order valence-electron chi connectivity index (χ2n) is 4.62. The van der Waals surface area contributed by atoms with Crippen molar-refractivity contribution in [2.45, 2.75) is 6.92 Å². The van der Waals surface area contributed by atoms with Crippen LogP contribution in [0.1, 0.15) is 11.1 Å². The van der Waals surface area contributed by atoms with Crippen LogP contribution in [0.2, 0.25) is 0 Å². The van der Waals surface area contributed by atoms with E-state index in [0.717, 1.165) is 22.2 Å². The van der Waals surface area contributed by atoms with E-state index in [4.69, 9.17) is 0 Å². The minimum absolute atomic E-state index is 0.631. The number of nitriles is 1. The van der Waals surface area contributed by atoms with Gasteiger partial charge in [0.1, 0.15) is 5.82 Å². The van der Waals surface area contributed by atoms with Gasteiger partial charge in [0.25, 0.3) is 0 Å². The molecule has 1 aromatic heterocycles. The first-order valence-corrected chi connectivity index (χ1v) is 6.40. The van der Waals surface area contributed by atoms with E-state index in [-0.39, 0.29) is 0 Å². The summed E-state index contributed by atoms with van der Waals surface area (Å²) in [6, 6.07) is 19.7. The number of para-hydroxylation sites is 2. The van der Waals surface area contributed by atoms with Gasteiger partial charge in [0.15, 0.2) is 0 Å². The SMILES string of the molecule is Cc1ccccc1Nc1cc(C#N)c2ccccc2n1. The molecular weight excluding hydrogens is 246 g/mol. The fraction of sp³-hybridized carbons (Fsp3) is 0.0588. The van der Waals surface area contributed by atoms with Gasteiger partial charge in [-0.05, 0) is 30.7 Å². The van der Waals surface area contributed by atoms with Gasteiger partial charge in [-0.1, -0.05) is 36.4 Å². The maximum Gasteiger partial charge on any atom is 0.132 e. The number of pyridine rings is 1. The molecule has 0 unspecified atom stereocenters. The van der Waals surface area contributed by atoms with E-state index in [9.17, 15) is 5.26 Å². The van der Waals surface area contributed by atoms with Crippen LogP contribution in [0, 0.1) is 18.3 Å². The number of nitrogens with zero attached hydrogens (tertiary/aromatic N) is 2. The van der Waals surface area contributed by atoms with Crippen molar-refractivity contribution in [2.75, 3.05) is 5.32 Å². The lowest BCUT2D eigenvalue weighted by Crippen LogP contribution is -1.97. The Bertz CT molecular complexity index is 816. The molecule has 0 radical (unpaired) electrons. The number of anilines is 2. The van der Waals surface area contributed by atoms with Crippen molar-refractivity contribution in [2.24, 2.45) is 0 Å². The summed E-state index contributed by atoms with van der Waals surface area (Å²) in [5.74, 6) is 0.689. The van der Waals surface area contributed by atoms with Crippen molar-refractivity contribution >= 4 is 22.4 Å². The molecule has 0 aliphatic carbocycles. The highest BCUT2D eigenvalue weighted by molar-refractivity contribution is 5.86. The molecule has 0 saturated carbocycles. The van der Waals surface area contributed by atoms with E-state index >= 15 is 0 Å². The van der Waals surface area contributed by atoms with Crippen LogP contribution in [0.3, 0.4) is 0 Å². The summed E-state index contributed by atoms with van der Waals surface area (Å²) in [5, 5.41) is 13.4. The average Bonchev–Trinajstić information content (AvgIpc) is 2.49. The number of aromatic nitrogens is 1. The third kappa shape index (κ3) is 2.19. The molecule has 0 spiro atoms. The Hall–Kier alpha value is -2.86. The van der Waals surface area contributed by atoms with Gasteiger partial charge < -0.3 is 5.32 Å². The van der Waals surface area contributed by atoms with Crippen molar-refractivity contribution in [1.82, 2.24) is 4.98 Å². The van der Waals surface area contributed by atoms with E-state index in [2.05, 4.69) is 16.4 Å². The van der Waals surface area contributed by atoms with Crippen LogP contribution in [-0.4, -0.2) is 4.98 Å². The highest BCUT2D eigenvalue weighted by Crippen LogP contribution is 2.23. The lowest BCUT2D eigenvalue weighted by Gasteiger charge is -2.10. The predicted molar refractivity (Wildman–Crippen MR) is 80.9 cm³/mol. The molecule has 1 heterocycles. The first kappa shape index (κ1) is 12.2. The molecule has 1 N–H and O–H groups in total. The maximum atomic E-state index is 9.28. The number of aryl methyl sites for hydroxylation is 1. The molecule has 0 fully saturated rings. The Morgan fingerprint density at radius 1 is 1.05 bits per heavy atom. The van der Waals surface area contributed by atoms with Gasteiger partial charge in [0.2, 0.25) is 0 Å². The standard InChI is InChI=1S/C17H13N3/c1-12-6-2-4-8-15(12)19-17-10-13(11-18)14-7-3-5-9-16(14)20-17/h2-10H,1H3,(H,19,20). The summed E-state index contributed by atoms with van der Waals surface area (Å²) in [6.07, 6.45) is 0. The second kappa shape index (κ2) is 5.02. The van der Waals surface area contributed by atoms with Crippen LogP contribution in [0.15, 0.2) is 54.6 Å². The molecule has 2 aromatic carbocycles. The van der Waals surface area contributed by atoms with E-state index in [1.54, 1.807) is 6.07 Å². The van der Waals surface area contributed by atoms with E-state index in [1.807, 2.05) is 55.5 Å². The molecule has 0 aliphatic rings. The summed E-state index contributed by atoms with van der Waals surface area (Å²) in [6.45, 7) is 2.04. The minimum atomic E-state index is 0.631. The lowest BCUT2D eigenvalue weighted by molar-refractivity contribution is 1.34. The van der Waals surface area contributed by atoms with Crippen molar-refractivity contribution in [3.05, 3.63) is 65.7 Å². The number of fused-ring (bicyclic) bond motifs is 1. The van der Waals surface area contributed by atoms with E-state index in [0.29, 0.717) is 11.4 Å². The number of hydrogen-bond donors (Lipinski definition) is 1. The second-order valence-corrected chi connectivity index (χ2v) is 4.62. The van der Waals surface area contributed by atoms with E-state index in [1.165, 1.54) is 0 Å². The summed E-state index contributed by atoms with van der Waals surface area (Å²) in [5.41, 5.74) is 3.59. The van der Waals surface area contributed by atoms with Crippen LogP contribution in [0.5, 0.6) is 0 Å². The van der Waals surface area contributed by atoms with Crippen molar-refractivity contribution in [3.8, 4) is 6.07 Å². The Morgan fingerprint density at radius 3 is 2.60 bits per heavy atom. The van der Waals surface area contributed by atoms with Crippen LogP contribution in [-0.2, 0) is 0 Å². The minimum Gasteiger partial charge on any atom is -0.340 e. The number of nitrogens with one attached hydrogen (secondary N) is 1. The molecular formula is C17H13N3. The van der Waals surface area contributed by atoms with Gasteiger partial charge in [-0.2, -0.15) is 5.26 Å². The smallest absolute Gasteiger partial charge is 0.132 e. The highest BCUT2D eigenvalue weighted by atomic mass is 15.0. The first-order valence-electron chi connectivity index (χ1n) is 6.40. The van der Waals surface area contributed by atoms with Gasteiger partial charge in [-0.25, -0.2) is 4.98 Å². The zero-order valence-corrected chi connectivity index (χ0v) is 11.1. The number of rotatable bonds is 2. The predicted octanol–water partition coefficient (Wildman–Crippen LogP) is 4.16. The van der Waals surface area contributed by atoms with Gasteiger partial charge in [-0.3, -0.25) is 0 Å². The molecule has 3 rings (SSSR count). The Labute approximate surface area is 117 Å². The van der Waals surface area contributed by atoms with Gasteiger partial charge in [0.05, 0.1) is 17.1 Å². The maximum absolute atomic E-state index is 9.28. The lowest BCUT2D eigenvalue weighted by atomic mass is 10.1. The molecule has 3 nitrogen and oxygen atoms in total. The Morgan fingerprint density at radius 2 is 1.80 bits per heavy atom. The largest absolute Gasteiger partial charge is 0.340 e. The monoisotopic (exact) mass is 259 g/mol. The molecule has 20 heavy (non-hydrogen) atoms. The molecule has 0 amide bonds. The third-order valence-corrected chi connectivity index (χ3v) is 3.24. The number of benzene rings is 2. The van der Waals surface area contributed by atoms with Crippen LogP contribution in [0.4, 0.5) is 11.5 Å². The normalized spacial score (nSPS) is 10.2. The molecule has 96 valence electrons. The molecule has 0 atom stereocenters. The van der Waals surface area contributed by atoms with Crippen LogP contribution >= 0.6 is 0 Å². The summed E-state index contributed by atoms with van der Waals surface area (Å²) >= 11 is 0. The molecule has 0 bridgehead atoms. The van der Waals surface area contributed by atoms with Crippen molar-refractivity contribution in [3.63, 3.8) is 0 Å². The van der Waals surface area contributed by atoms with Gasteiger partial charge >= 0.3 is 0 Å². The molecule has 0 saturated heterocycles. The fourth-order valence-electron chi connectivity index (χ4n) is 2.18. The zero-order valence-electron chi connectivity index (χ0n) is 11.1. The van der Waals surface area contributed by atoms with Crippen LogP contribution in [0.25, 0.3) is 10.9 Å². The summed E-state index contributed by atoms with van der Waals surface area (Å²) < 4.78 is 0. The Kier molecular flexibility index (Phi) is 3.06. The summed E-state index contributed by atoms with van der Waals surface area (Å²) in [7, 11) is 0. The first-order chi connectivity index (χ1) is 9.78. The van der Waals surface area contributed by atoms with Crippen LogP contribution < -0.4 is 5.32 Å². The topological polar surface area (TPSA) is 48.7 Å². The third-order valence-electron chi connectivity index (χ3n) is 3.24. The quantitative estimate of drug-likeness (QED) is 0.751. The molecule has 0 aliphatic heterocycles. The van der Waals surface area contributed by atoms with Crippen molar-refractivity contribution in [1.29, 1.82) is 5.26 Å². The highest BCUT2D eigenvalue weighted by Gasteiger charge is 2.06. The molecule has 3 aromatic rings. The van der Waals surface area contributed by atoms with Gasteiger partial charge in [-0.15, -0.1) is 0 Å². The Balaban J connectivity index is 2.09. The van der Waals surface area contributed by atoms with Crippen molar-refractivity contribution < 1.29 is 0 Å². The number of hydrogen-bond acceptors (Lipinski definition) is 3. The zero-order chi connectivity index (χ0) is 13.9. The average molecular weight is 259 g/mol. The fourth-order valence-corrected chi connectivity index (χ4v) is 2.18. The van der Waals surface area contributed by atoms with E-state index < -0.39 is 0 Å².